The smallest absolute Gasteiger partial charge is 0.285 e. The summed E-state index contributed by atoms with van der Waals surface area (Å²) in [7, 11) is -2.37. The Morgan fingerprint density at radius 3 is 2.65 bits per heavy atom. The van der Waals surface area contributed by atoms with Crippen molar-refractivity contribution in [3.05, 3.63) is 58.1 Å². The van der Waals surface area contributed by atoms with Gasteiger partial charge in [0.25, 0.3) is 15.7 Å². The lowest BCUT2D eigenvalue weighted by Gasteiger charge is -2.10. The molecule has 0 fully saturated rings. The lowest BCUT2D eigenvalue weighted by molar-refractivity contribution is -0.384. The Labute approximate surface area is 131 Å². The van der Waals surface area contributed by atoms with Crippen LogP contribution in [0, 0.1) is 10.1 Å². The molecule has 8 nitrogen and oxygen atoms in total. The summed E-state index contributed by atoms with van der Waals surface area (Å²) in [6.45, 7) is 0. The molecule has 0 aliphatic carbocycles. The molecular weight excluding hydrogens is 322 g/mol. The molecule has 0 saturated carbocycles. The third-order valence-corrected chi connectivity index (χ3v) is 4.62. The molecule has 0 atom stereocenters. The molecule has 0 saturated heterocycles. The van der Waals surface area contributed by atoms with Crippen molar-refractivity contribution in [2.24, 2.45) is 4.40 Å². The van der Waals surface area contributed by atoms with Crippen LogP contribution in [0.15, 0.2) is 51.8 Å². The van der Waals surface area contributed by atoms with Gasteiger partial charge in [-0.25, -0.2) is 0 Å². The van der Waals surface area contributed by atoms with E-state index in [0.29, 0.717) is 11.3 Å². The van der Waals surface area contributed by atoms with Gasteiger partial charge in [0.1, 0.15) is 10.6 Å². The van der Waals surface area contributed by atoms with Gasteiger partial charge >= 0.3 is 0 Å². The maximum Gasteiger partial charge on any atom is 0.285 e. The number of non-ortho nitro benzene ring substituents is 1. The number of hydrogen-bond donors (Lipinski definition) is 1. The largest absolute Gasteiger partial charge is 0.494 e. The molecule has 1 heterocycles. The van der Waals surface area contributed by atoms with Gasteiger partial charge in [-0.3, -0.25) is 10.1 Å². The SMILES string of the molecule is COc1cc([N+](=O)[O-])ccc1NC1=NS(=O)(=O)c2ccccc21. The van der Waals surface area contributed by atoms with Crippen molar-refractivity contribution in [1.29, 1.82) is 0 Å². The van der Waals surface area contributed by atoms with Crippen LogP contribution < -0.4 is 10.1 Å². The van der Waals surface area contributed by atoms with Crippen LogP contribution in [0.5, 0.6) is 5.75 Å². The van der Waals surface area contributed by atoms with Gasteiger partial charge in [0, 0.05) is 11.6 Å². The summed E-state index contributed by atoms with van der Waals surface area (Å²) in [4.78, 5) is 10.4. The van der Waals surface area contributed by atoms with E-state index in [0.717, 1.165) is 0 Å². The number of nitrogens with zero attached hydrogens (tertiary/aromatic N) is 2. The van der Waals surface area contributed by atoms with Gasteiger partial charge < -0.3 is 10.1 Å². The summed E-state index contributed by atoms with van der Waals surface area (Å²) >= 11 is 0. The minimum absolute atomic E-state index is 0.114. The second kappa shape index (κ2) is 5.36. The first kappa shape index (κ1) is 15.0. The Morgan fingerprint density at radius 1 is 1.22 bits per heavy atom. The molecule has 0 radical (unpaired) electrons. The van der Waals surface area contributed by atoms with Crippen LogP contribution >= 0.6 is 0 Å². The first-order chi connectivity index (χ1) is 10.9. The van der Waals surface area contributed by atoms with Crippen molar-refractivity contribution >= 4 is 27.2 Å². The monoisotopic (exact) mass is 333 g/mol. The third-order valence-electron chi connectivity index (χ3n) is 3.28. The van der Waals surface area contributed by atoms with E-state index in [1.807, 2.05) is 0 Å². The zero-order chi connectivity index (χ0) is 16.6. The van der Waals surface area contributed by atoms with E-state index in [1.54, 1.807) is 18.2 Å². The molecule has 1 N–H and O–H groups in total. The summed E-state index contributed by atoms with van der Waals surface area (Å²) in [6.07, 6.45) is 0. The molecule has 118 valence electrons. The number of nitrogens with one attached hydrogen (secondary N) is 1. The number of amidine groups is 1. The lowest BCUT2D eigenvalue weighted by atomic mass is 10.2. The molecule has 1 aliphatic heterocycles. The fourth-order valence-electron chi connectivity index (χ4n) is 2.22. The van der Waals surface area contributed by atoms with Crippen molar-refractivity contribution in [2.45, 2.75) is 4.90 Å². The number of rotatable bonds is 3. The third kappa shape index (κ3) is 2.61. The van der Waals surface area contributed by atoms with Crippen LogP contribution in [0.2, 0.25) is 0 Å². The fourth-order valence-corrected chi connectivity index (χ4v) is 3.40. The number of benzene rings is 2. The summed E-state index contributed by atoms with van der Waals surface area (Å²) in [6, 6.07) is 10.4. The van der Waals surface area contributed by atoms with E-state index in [4.69, 9.17) is 4.74 Å². The summed E-state index contributed by atoms with van der Waals surface area (Å²) in [5.41, 5.74) is 0.686. The van der Waals surface area contributed by atoms with E-state index < -0.39 is 14.9 Å². The Morgan fingerprint density at radius 2 is 1.96 bits per heavy atom. The Balaban J connectivity index is 2.02. The molecular formula is C14H11N3O5S. The molecule has 9 heteroatoms. The minimum Gasteiger partial charge on any atom is -0.494 e. The lowest BCUT2D eigenvalue weighted by Crippen LogP contribution is -2.12. The quantitative estimate of drug-likeness (QED) is 0.680. The van der Waals surface area contributed by atoms with Gasteiger partial charge in [0.15, 0.2) is 5.84 Å². The van der Waals surface area contributed by atoms with Crippen LogP contribution in [0.25, 0.3) is 0 Å². The van der Waals surface area contributed by atoms with Crippen LogP contribution in [-0.2, 0) is 10.0 Å². The molecule has 0 unspecified atom stereocenters. The second-order valence-electron chi connectivity index (χ2n) is 4.68. The summed E-state index contributed by atoms with van der Waals surface area (Å²) in [5.74, 6) is 0.358. The first-order valence-electron chi connectivity index (χ1n) is 6.46. The van der Waals surface area contributed by atoms with Crippen LogP contribution in [0.4, 0.5) is 11.4 Å². The van der Waals surface area contributed by atoms with Crippen LogP contribution in [0.3, 0.4) is 0 Å². The molecule has 0 amide bonds. The van der Waals surface area contributed by atoms with Crippen molar-refractivity contribution < 1.29 is 18.1 Å². The normalized spacial score (nSPS) is 14.7. The van der Waals surface area contributed by atoms with E-state index >= 15 is 0 Å². The Kier molecular flexibility index (Phi) is 3.49. The number of methoxy groups -OCH3 is 1. The molecule has 23 heavy (non-hydrogen) atoms. The van der Waals surface area contributed by atoms with Crippen molar-refractivity contribution in [2.75, 3.05) is 12.4 Å². The minimum atomic E-state index is -3.74. The highest BCUT2D eigenvalue weighted by Crippen LogP contribution is 2.32. The van der Waals surface area contributed by atoms with Gasteiger partial charge in [-0.2, -0.15) is 8.42 Å². The Bertz CT molecular complexity index is 937. The van der Waals surface area contributed by atoms with Crippen LogP contribution in [-0.4, -0.2) is 26.3 Å². The van der Waals surface area contributed by atoms with E-state index in [1.165, 1.54) is 31.4 Å². The zero-order valence-electron chi connectivity index (χ0n) is 11.9. The average Bonchev–Trinajstić information content (AvgIpc) is 2.79. The van der Waals surface area contributed by atoms with E-state index in [-0.39, 0.29) is 22.2 Å². The topological polar surface area (TPSA) is 111 Å². The number of ether oxygens (including phenoxy) is 1. The van der Waals surface area contributed by atoms with Gasteiger partial charge in [-0.1, -0.05) is 12.1 Å². The predicted molar refractivity (Wildman–Crippen MR) is 83.4 cm³/mol. The number of sulfonamides is 1. The van der Waals surface area contributed by atoms with E-state index in [9.17, 15) is 18.5 Å². The molecule has 0 spiro atoms. The number of anilines is 1. The summed E-state index contributed by atoms with van der Waals surface area (Å²) in [5, 5.41) is 13.7. The fraction of sp³-hybridized carbons (Fsp3) is 0.0714. The molecule has 3 rings (SSSR count). The number of nitro benzene ring substituents is 1. The average molecular weight is 333 g/mol. The molecule has 0 bridgehead atoms. The maximum atomic E-state index is 12.0. The summed E-state index contributed by atoms with van der Waals surface area (Å²) < 4.78 is 32.8. The zero-order valence-corrected chi connectivity index (χ0v) is 12.7. The maximum absolute atomic E-state index is 12.0. The van der Waals surface area contributed by atoms with Gasteiger partial charge in [-0.05, 0) is 18.2 Å². The predicted octanol–water partition coefficient (Wildman–Crippen LogP) is 2.16. The van der Waals surface area contributed by atoms with Gasteiger partial charge in [0.05, 0.1) is 23.8 Å². The highest BCUT2D eigenvalue weighted by molar-refractivity contribution is 7.90. The van der Waals surface area contributed by atoms with Crippen molar-refractivity contribution in [1.82, 2.24) is 0 Å². The number of fused-ring (bicyclic) bond motifs is 1. The standard InChI is InChI=1S/C14H11N3O5S/c1-22-12-8-9(17(18)19)6-7-11(12)15-14-10-4-2-3-5-13(10)23(20,21)16-14/h2-8H,1H3,(H,15,16). The number of hydrogen-bond acceptors (Lipinski definition) is 6. The highest BCUT2D eigenvalue weighted by Gasteiger charge is 2.29. The van der Waals surface area contributed by atoms with Gasteiger partial charge in [0.2, 0.25) is 0 Å². The number of nitro groups is 1. The molecule has 2 aromatic rings. The first-order valence-corrected chi connectivity index (χ1v) is 7.90. The van der Waals surface area contributed by atoms with Gasteiger partial charge in [-0.15, -0.1) is 4.40 Å². The van der Waals surface area contributed by atoms with Crippen LogP contribution in [0.1, 0.15) is 5.56 Å². The Hall–Kier alpha value is -2.94. The molecule has 1 aliphatic rings. The second-order valence-corrected chi connectivity index (χ2v) is 6.25. The van der Waals surface area contributed by atoms with Crippen molar-refractivity contribution in [3.63, 3.8) is 0 Å². The van der Waals surface area contributed by atoms with E-state index in [2.05, 4.69) is 9.71 Å². The highest BCUT2D eigenvalue weighted by atomic mass is 32.2. The molecule has 2 aromatic carbocycles. The molecule has 0 aromatic heterocycles. The van der Waals surface area contributed by atoms with Crippen molar-refractivity contribution in [3.8, 4) is 5.75 Å².